The Hall–Kier alpha value is -0.666. The monoisotopic (exact) mass is 300 g/mol. The topological polar surface area (TPSA) is 28.7 Å². The summed E-state index contributed by atoms with van der Waals surface area (Å²) in [4.78, 5) is 6.17. The molecular weight excluding hydrogens is 291 g/mol. The zero-order chi connectivity index (χ0) is 9.64. The van der Waals surface area contributed by atoms with Crippen LogP contribution in [0.5, 0.6) is 0 Å². The molecule has 0 spiro atoms. The first-order chi connectivity index (χ1) is 6.97. The normalized spacial score (nSPS) is 7.76. The molecule has 0 radical (unpaired) electrons. The molecule has 2 nitrogen and oxygen atoms in total. The second kappa shape index (κ2) is 10.5. The molecular formula is C12H10Cl2N2Ti. The number of imidazole rings is 1. The predicted molar refractivity (Wildman–Crippen MR) is 57.0 cm³/mol. The van der Waals surface area contributed by atoms with Gasteiger partial charge >= 0.3 is 21.7 Å². The van der Waals surface area contributed by atoms with Crippen molar-refractivity contribution in [2.75, 3.05) is 0 Å². The maximum atomic E-state index is 3.54. The van der Waals surface area contributed by atoms with Gasteiger partial charge < -0.3 is 34.8 Å². The van der Waals surface area contributed by atoms with Gasteiger partial charge in [-0.3, -0.25) is 0 Å². The Labute approximate surface area is 128 Å². The fourth-order valence-electron chi connectivity index (χ4n) is 1.26. The molecule has 3 rings (SSSR count). The molecule has 17 heavy (non-hydrogen) atoms. The van der Waals surface area contributed by atoms with Gasteiger partial charge in [-0.25, -0.2) is 0 Å². The number of fused-ring (bicyclic) bond motifs is 1. The average molecular weight is 301 g/mol. The smallest absolute Gasteiger partial charge is 1.00 e. The average Bonchev–Trinajstić information content (AvgIpc) is 2.92. The van der Waals surface area contributed by atoms with Crippen LogP contribution in [0.2, 0.25) is 0 Å². The van der Waals surface area contributed by atoms with Crippen LogP contribution in [0, 0.1) is 6.33 Å². The van der Waals surface area contributed by atoms with Crippen LogP contribution in [0.3, 0.4) is 0 Å². The zero-order valence-electron chi connectivity index (χ0n) is 8.90. The van der Waals surface area contributed by atoms with Gasteiger partial charge in [0, 0.05) is 0 Å². The number of aromatic nitrogens is 2. The van der Waals surface area contributed by atoms with E-state index >= 15 is 0 Å². The minimum absolute atomic E-state index is 0. The summed E-state index contributed by atoms with van der Waals surface area (Å²) >= 11 is 0. The number of aromatic amines is 1. The molecule has 1 heterocycles. The number of hydrogen-bond donors (Lipinski definition) is 1. The predicted octanol–water partition coefficient (Wildman–Crippen LogP) is -3.23. The van der Waals surface area contributed by atoms with E-state index in [2.05, 4.69) is 58.8 Å². The van der Waals surface area contributed by atoms with Crippen molar-refractivity contribution in [1.82, 2.24) is 9.97 Å². The van der Waals surface area contributed by atoms with Crippen LogP contribution in [-0.2, 0) is 21.7 Å². The molecule has 3 aromatic rings. The van der Waals surface area contributed by atoms with Crippen LogP contribution < -0.4 is 24.8 Å². The molecule has 0 bridgehead atoms. The van der Waals surface area contributed by atoms with E-state index in [-0.39, 0.29) is 46.5 Å². The van der Waals surface area contributed by atoms with E-state index in [1.54, 1.807) is 12.4 Å². The fourth-order valence-corrected chi connectivity index (χ4v) is 1.26. The van der Waals surface area contributed by atoms with Gasteiger partial charge in [0.2, 0.25) is 0 Å². The summed E-state index contributed by atoms with van der Waals surface area (Å²) in [5.74, 6) is 0. The fraction of sp³-hybridized carbons (Fsp3) is 0. The van der Waals surface area contributed by atoms with Crippen molar-refractivity contribution in [2.24, 2.45) is 0 Å². The Morgan fingerprint density at radius 2 is 1.88 bits per heavy atom. The van der Waals surface area contributed by atoms with Crippen LogP contribution >= 0.6 is 0 Å². The largest absolute Gasteiger partial charge is 4.00 e. The maximum absolute atomic E-state index is 3.54. The summed E-state index contributed by atoms with van der Waals surface area (Å²) in [5, 5.41) is 2.66. The van der Waals surface area contributed by atoms with Gasteiger partial charge in [0.1, 0.15) is 0 Å². The van der Waals surface area contributed by atoms with Crippen LogP contribution in [0.1, 0.15) is 0 Å². The summed E-state index contributed by atoms with van der Waals surface area (Å²) in [5.41, 5.74) is 0. The minimum Gasteiger partial charge on any atom is -1.00 e. The van der Waals surface area contributed by atoms with Crippen molar-refractivity contribution in [3.8, 4) is 0 Å². The molecule has 0 atom stereocenters. The molecule has 0 unspecified atom stereocenters. The Bertz CT molecular complexity index is 432. The third-order valence-corrected chi connectivity index (χ3v) is 1.91. The van der Waals surface area contributed by atoms with Gasteiger partial charge in [-0.05, 0) is 6.33 Å². The molecule has 0 aliphatic rings. The number of benzene rings is 1. The Balaban J connectivity index is 0. The zero-order valence-corrected chi connectivity index (χ0v) is 12.0. The summed E-state index contributed by atoms with van der Waals surface area (Å²) in [6.45, 7) is 0. The van der Waals surface area contributed by atoms with Crippen molar-refractivity contribution in [1.29, 1.82) is 0 Å². The molecule has 0 fully saturated rings. The standard InChI is InChI=1S/C9H7.C3H3N2.2ClH.Ti/c1-2-5-9-7-3-6-8(9)4-1;1-2-5-3-4-1;;;/h1-7H;1-2H,(H,4,5);2*1H;/q2*-1;;;+4/p-2. The first-order valence-electron chi connectivity index (χ1n) is 4.43. The van der Waals surface area contributed by atoms with Gasteiger partial charge in [0.15, 0.2) is 0 Å². The molecule has 0 saturated heterocycles. The second-order valence-corrected chi connectivity index (χ2v) is 2.86. The molecule has 0 aliphatic heterocycles. The molecule has 1 aromatic heterocycles. The first kappa shape index (κ1) is 18.7. The van der Waals surface area contributed by atoms with E-state index in [1.807, 2.05) is 0 Å². The van der Waals surface area contributed by atoms with E-state index in [0.29, 0.717) is 0 Å². The van der Waals surface area contributed by atoms with Gasteiger partial charge in [-0.1, -0.05) is 6.07 Å². The number of nitrogens with zero attached hydrogens (tertiary/aromatic N) is 1. The van der Waals surface area contributed by atoms with E-state index in [4.69, 9.17) is 0 Å². The third-order valence-electron chi connectivity index (χ3n) is 1.91. The summed E-state index contributed by atoms with van der Waals surface area (Å²) in [6.07, 6.45) is 5.83. The van der Waals surface area contributed by atoms with E-state index in [1.165, 1.54) is 10.8 Å². The number of nitrogens with one attached hydrogen (secondary N) is 1. The molecule has 2 aromatic carbocycles. The Kier molecular flexibility index (Phi) is 11.5. The molecule has 1 N–H and O–H groups in total. The maximum Gasteiger partial charge on any atom is 4.00 e. The third kappa shape index (κ3) is 5.99. The number of hydrogen-bond acceptors (Lipinski definition) is 1. The molecule has 86 valence electrons. The summed E-state index contributed by atoms with van der Waals surface area (Å²) < 4.78 is 0. The van der Waals surface area contributed by atoms with Crippen LogP contribution in [0.15, 0.2) is 54.9 Å². The van der Waals surface area contributed by atoms with E-state index in [9.17, 15) is 0 Å². The first-order valence-corrected chi connectivity index (χ1v) is 4.43. The van der Waals surface area contributed by atoms with Crippen LogP contribution in [0.25, 0.3) is 10.8 Å². The van der Waals surface area contributed by atoms with Crippen molar-refractivity contribution in [3.05, 3.63) is 61.2 Å². The van der Waals surface area contributed by atoms with Crippen molar-refractivity contribution in [2.45, 2.75) is 0 Å². The van der Waals surface area contributed by atoms with E-state index in [0.717, 1.165) is 0 Å². The summed E-state index contributed by atoms with van der Waals surface area (Å²) in [7, 11) is 0. The Morgan fingerprint density at radius 3 is 2.41 bits per heavy atom. The minimum atomic E-state index is 0. The quantitative estimate of drug-likeness (QED) is 0.343. The summed E-state index contributed by atoms with van der Waals surface area (Å²) in [6, 6.07) is 14.7. The molecule has 5 heteroatoms. The van der Waals surface area contributed by atoms with Gasteiger partial charge in [0.25, 0.3) is 0 Å². The van der Waals surface area contributed by atoms with Gasteiger partial charge in [-0.15, -0.1) is 42.0 Å². The van der Waals surface area contributed by atoms with Gasteiger partial charge in [0.05, 0.1) is 0 Å². The van der Waals surface area contributed by atoms with Crippen LogP contribution in [-0.4, -0.2) is 9.97 Å². The second-order valence-electron chi connectivity index (χ2n) is 2.86. The molecule has 0 amide bonds. The van der Waals surface area contributed by atoms with Gasteiger partial charge in [-0.2, -0.15) is 17.5 Å². The molecule has 0 saturated carbocycles. The number of halogens is 2. The Morgan fingerprint density at radius 1 is 1.12 bits per heavy atom. The SMILES string of the molecule is [Cl-].[Cl-].[Ti+4].[c-]1ncc[nH]1.c1ccc2[cH-]ccc2c1. The molecule has 0 aliphatic carbocycles. The van der Waals surface area contributed by atoms with Crippen LogP contribution in [0.4, 0.5) is 0 Å². The number of H-pyrrole nitrogens is 1. The van der Waals surface area contributed by atoms with E-state index < -0.39 is 0 Å². The number of rotatable bonds is 0. The van der Waals surface area contributed by atoms with Crippen molar-refractivity contribution < 1.29 is 46.5 Å². The van der Waals surface area contributed by atoms with Crippen molar-refractivity contribution in [3.63, 3.8) is 0 Å². The van der Waals surface area contributed by atoms with Crippen molar-refractivity contribution >= 4 is 10.8 Å².